The van der Waals surface area contributed by atoms with Gasteiger partial charge in [0, 0.05) is 81.5 Å². The second kappa shape index (κ2) is 39.4. The van der Waals surface area contributed by atoms with Crippen molar-refractivity contribution in [3.05, 3.63) is 12.2 Å². The molecular formula is C78H120F8N12O14. The first-order valence-corrected chi connectivity index (χ1v) is 40.4. The van der Waals surface area contributed by atoms with Crippen LogP contribution in [-0.2, 0) is 67.0 Å². The van der Waals surface area contributed by atoms with Crippen LogP contribution < -0.4 is 16.0 Å². The van der Waals surface area contributed by atoms with Crippen molar-refractivity contribution in [3.63, 3.8) is 0 Å². The Morgan fingerprint density at radius 2 is 1.22 bits per heavy atom. The highest BCUT2D eigenvalue weighted by molar-refractivity contribution is 6.01. The van der Waals surface area contributed by atoms with Crippen molar-refractivity contribution in [2.24, 2.45) is 41.4 Å². The summed E-state index contributed by atoms with van der Waals surface area (Å²) in [4.78, 5) is 194. The molecule has 4 aliphatic carbocycles. The van der Waals surface area contributed by atoms with Crippen LogP contribution in [0.3, 0.4) is 0 Å². The number of ether oxygens (including phenoxy) is 2. The lowest BCUT2D eigenvalue weighted by atomic mass is 9.76. The number of hydrogen-bond donors (Lipinski definition) is 3. The molecule has 8 rings (SSSR count). The second-order valence-corrected chi connectivity index (χ2v) is 33.2. The van der Waals surface area contributed by atoms with Crippen LogP contribution in [0.4, 0.5) is 35.1 Å². The van der Waals surface area contributed by atoms with Crippen molar-refractivity contribution >= 4 is 70.9 Å². The van der Waals surface area contributed by atoms with Crippen LogP contribution in [0.1, 0.15) is 182 Å². The van der Waals surface area contributed by atoms with E-state index in [1.54, 1.807) is 32.9 Å². The number of nitrogens with zero attached hydrogens (tertiary/aromatic N) is 9. The number of nitrogens with one attached hydrogen (secondary N) is 3. The van der Waals surface area contributed by atoms with E-state index in [1.807, 2.05) is 13.8 Å². The number of rotatable bonds is 13. The predicted octanol–water partition coefficient (Wildman–Crippen LogP) is 6.51. The highest BCUT2D eigenvalue weighted by atomic mass is 19.4. The SMILES string of the molecule is CCO[C@@H]1C[C@H]2C(=O)NC3(CC=CC3)C(=O)N(C)[C@@H](C3CCCC3)C(=O)N(C)[C@H](C(=O)N3CCOCC3)CC(=O)N(C)[C@@H](CC(C)C)C(=O)N[C@@H]([C@@H](C)CC)C(=O)N(C)CC(=O)N(C)[C@H]3CCCCCN(C3=O)[C@@H](CC3CCC(C(F)(F)F)CC3)C(=O)N(C)CC(=O)N[C@@H](CCC3CC(F)C(C(F)(F)F)C(F)C3)C(=O)N2C1. The Bertz CT molecular complexity index is 3330. The molecule has 0 radical (unpaired) electrons. The van der Waals surface area contributed by atoms with Gasteiger partial charge in [-0.3, -0.25) is 57.5 Å². The molecule has 0 aromatic rings. The summed E-state index contributed by atoms with van der Waals surface area (Å²) in [7, 11) is 8.09. The van der Waals surface area contributed by atoms with Gasteiger partial charge in [-0.05, 0) is 139 Å². The first kappa shape index (κ1) is 90.3. The van der Waals surface area contributed by atoms with Gasteiger partial charge in [-0.15, -0.1) is 0 Å². The van der Waals surface area contributed by atoms with Crippen molar-refractivity contribution in [3.8, 4) is 0 Å². The molecule has 2 bridgehead atoms. The molecule has 12 atom stereocenters. The van der Waals surface area contributed by atoms with Gasteiger partial charge in [-0.2, -0.15) is 26.3 Å². The predicted molar refractivity (Wildman–Crippen MR) is 394 cm³/mol. The van der Waals surface area contributed by atoms with Crippen LogP contribution in [0, 0.1) is 41.4 Å². The maximum Gasteiger partial charge on any atom is 0.397 e. The number of amides is 12. The van der Waals surface area contributed by atoms with Gasteiger partial charge in [-0.25, -0.2) is 8.78 Å². The second-order valence-electron chi connectivity index (χ2n) is 33.2. The van der Waals surface area contributed by atoms with Gasteiger partial charge in [-0.1, -0.05) is 72.0 Å². The highest BCUT2D eigenvalue weighted by Crippen LogP contribution is 2.46. The molecule has 3 N–H and O–H groups in total. The van der Waals surface area contributed by atoms with Gasteiger partial charge in [0.25, 0.3) is 0 Å². The summed E-state index contributed by atoms with van der Waals surface area (Å²) in [6.07, 6.45) is -12.9. The van der Waals surface area contributed by atoms with Crippen molar-refractivity contribution in [1.82, 2.24) is 60.0 Å². The Morgan fingerprint density at radius 1 is 0.607 bits per heavy atom. The smallest absolute Gasteiger partial charge is 0.378 e. The van der Waals surface area contributed by atoms with Crippen LogP contribution in [0.15, 0.2) is 12.2 Å². The summed E-state index contributed by atoms with van der Waals surface area (Å²) < 4.78 is 127. The van der Waals surface area contributed by atoms with Gasteiger partial charge < -0.3 is 69.5 Å². The standard InChI is InChI=1S/C78H120F8N12O14/c1-12-47(5)65-73(108)91(7)45-63(101)92(8)56-23-15-14-20-32-97(72(56)107)60(40-48-24-27-51(28-25-48)77(81,82)83)70(105)90(6)44-61(99)87-55(29-26-49-38-53(79)64(54(80)39-49)78(84,85)86)69(104)98-43-52(112-13-2)41-58(98)68(103)89-76(30-18-19-31-76)75(110)95(11)66(50-21-16-17-22-50)74(109)94(10)59(71(106)96-33-35-111-36-34-96)42-62(100)93(9)57(37-46(3)4)67(102)88-65/h18-19,46-60,64-66H,12-17,20-45H2,1-11H3,(H,87,99)(H,88,102)(H,89,103)/t47-,48?,49?,51?,52+,53?,54?,55-,56-,57-,58-,59-,60-,64?,65-,66-/m0/s1. The number of morpholine rings is 1. The maximum atomic E-state index is 15.8. The van der Waals surface area contributed by atoms with E-state index in [0.29, 0.717) is 51.4 Å². The van der Waals surface area contributed by atoms with Crippen LogP contribution in [0.25, 0.3) is 0 Å². The molecule has 1 spiro atoms. The van der Waals surface area contributed by atoms with Gasteiger partial charge >= 0.3 is 12.4 Å². The molecule has 632 valence electrons. The van der Waals surface area contributed by atoms with Crippen LogP contribution in [0.5, 0.6) is 0 Å². The largest absolute Gasteiger partial charge is 0.397 e. The Balaban J connectivity index is 1.22. The highest BCUT2D eigenvalue weighted by Gasteiger charge is 2.56. The molecule has 12 amide bonds. The monoisotopic (exact) mass is 1600 g/mol. The van der Waals surface area contributed by atoms with Crippen molar-refractivity contribution in [2.75, 3.05) is 101 Å². The van der Waals surface area contributed by atoms with Gasteiger partial charge in [0.2, 0.25) is 70.9 Å². The van der Waals surface area contributed by atoms with Crippen molar-refractivity contribution in [1.29, 1.82) is 0 Å². The molecule has 8 aliphatic rings. The minimum atomic E-state index is -5.22. The van der Waals surface area contributed by atoms with E-state index in [1.165, 1.54) is 61.9 Å². The minimum absolute atomic E-state index is 0.00452. The van der Waals surface area contributed by atoms with E-state index >= 15 is 51.9 Å². The lowest BCUT2D eigenvalue weighted by molar-refractivity contribution is -0.219. The Kier molecular flexibility index (Phi) is 31.7. The number of hydrogen-bond acceptors (Lipinski definition) is 14. The van der Waals surface area contributed by atoms with E-state index in [2.05, 4.69) is 16.0 Å². The zero-order valence-electron chi connectivity index (χ0n) is 66.9. The molecule has 0 aromatic carbocycles. The molecule has 4 saturated heterocycles. The van der Waals surface area contributed by atoms with E-state index in [-0.39, 0.29) is 123 Å². The Hall–Kier alpha value is -7.26. The quantitative estimate of drug-likeness (QED) is 0.131. The number of fused-ring (bicyclic) bond motifs is 3. The zero-order valence-corrected chi connectivity index (χ0v) is 66.9. The molecule has 4 heterocycles. The first-order valence-electron chi connectivity index (χ1n) is 40.4. The van der Waals surface area contributed by atoms with E-state index < -0.39 is 230 Å². The molecule has 26 nitrogen and oxygen atoms in total. The maximum absolute atomic E-state index is 15.8. The third-order valence-electron chi connectivity index (χ3n) is 25.0. The van der Waals surface area contributed by atoms with Gasteiger partial charge in [0.1, 0.15) is 72.1 Å². The fourth-order valence-corrected chi connectivity index (χ4v) is 18.1. The molecule has 4 aliphatic heterocycles. The number of alkyl halides is 8. The first-order chi connectivity index (χ1) is 52.7. The van der Waals surface area contributed by atoms with E-state index in [0.717, 1.165) is 24.5 Å². The summed E-state index contributed by atoms with van der Waals surface area (Å²) >= 11 is 0. The Labute approximate surface area is 652 Å². The lowest BCUT2D eigenvalue weighted by Gasteiger charge is -2.42. The summed E-state index contributed by atoms with van der Waals surface area (Å²) in [5.41, 5.74) is -1.84. The molecule has 3 saturated carbocycles. The summed E-state index contributed by atoms with van der Waals surface area (Å²) in [5, 5.41) is 8.47. The lowest BCUT2D eigenvalue weighted by Crippen LogP contribution is -2.65. The number of carbonyl (C=O) groups is 12. The summed E-state index contributed by atoms with van der Waals surface area (Å²) in [6, 6.07) is -11.4. The number of carbonyl (C=O) groups excluding carboxylic acids is 12. The molecule has 34 heteroatoms. The minimum Gasteiger partial charge on any atom is -0.378 e. The average molecular weight is 1600 g/mol. The zero-order chi connectivity index (χ0) is 82.6. The van der Waals surface area contributed by atoms with Gasteiger partial charge in [0.05, 0.1) is 44.7 Å². The summed E-state index contributed by atoms with van der Waals surface area (Å²) in [6.45, 7) is 7.47. The molecule has 0 aromatic heterocycles. The van der Waals surface area contributed by atoms with E-state index in [9.17, 15) is 40.7 Å². The average Bonchev–Trinajstić information content (AvgIpc) is 1.65. The fraction of sp³-hybridized carbons (Fsp3) is 0.821. The van der Waals surface area contributed by atoms with Crippen molar-refractivity contribution < 1.29 is 102 Å². The molecule has 2 unspecified atom stereocenters. The number of likely N-dealkylation sites (N-methyl/N-ethyl adjacent to an activating group) is 6. The van der Waals surface area contributed by atoms with Crippen LogP contribution >= 0.6 is 0 Å². The topological polar surface area (TPSA) is 289 Å². The fourth-order valence-electron chi connectivity index (χ4n) is 18.1. The third kappa shape index (κ3) is 22.0. The number of halogens is 8. The summed E-state index contributed by atoms with van der Waals surface area (Å²) in [5.74, 6) is -17.0. The normalized spacial score (nSPS) is 31.9. The molecular weight excluding hydrogens is 1480 g/mol. The van der Waals surface area contributed by atoms with E-state index in [4.69, 9.17) is 9.47 Å². The van der Waals surface area contributed by atoms with Gasteiger partial charge in [0.15, 0.2) is 0 Å². The van der Waals surface area contributed by atoms with Crippen LogP contribution in [-0.4, -0.2) is 301 Å². The molecule has 7 fully saturated rings. The third-order valence-corrected chi connectivity index (χ3v) is 25.0. The van der Waals surface area contributed by atoms with Crippen LogP contribution in [0.2, 0.25) is 0 Å². The Morgan fingerprint density at radius 3 is 1.81 bits per heavy atom. The van der Waals surface area contributed by atoms with Crippen molar-refractivity contribution in [2.45, 2.75) is 267 Å². The molecule has 112 heavy (non-hydrogen) atoms.